The molecule has 0 radical (unpaired) electrons. The number of aromatic nitrogens is 2. The van der Waals surface area contributed by atoms with E-state index in [1.54, 1.807) is 47.6 Å². The first-order chi connectivity index (χ1) is 14.9. The molecular weight excluding hydrogens is 407 g/mol. The topological polar surface area (TPSA) is 61.4 Å². The summed E-state index contributed by atoms with van der Waals surface area (Å²) in [7, 11) is 0. The summed E-state index contributed by atoms with van der Waals surface area (Å²) in [6, 6.07) is 13.5. The van der Waals surface area contributed by atoms with E-state index in [0.717, 1.165) is 12.1 Å². The predicted octanol–water partition coefficient (Wildman–Crippen LogP) is 4.20. The lowest BCUT2D eigenvalue weighted by Gasteiger charge is -2.35. The highest BCUT2D eigenvalue weighted by Crippen LogP contribution is 2.32. The fourth-order valence-electron chi connectivity index (χ4n) is 3.44. The number of rotatable bonds is 4. The van der Waals surface area contributed by atoms with E-state index in [2.05, 4.69) is 15.3 Å². The first kappa shape index (κ1) is 20.6. The van der Waals surface area contributed by atoms with Crippen molar-refractivity contribution in [2.45, 2.75) is 6.18 Å². The third-order valence-electron chi connectivity index (χ3n) is 5.03. The van der Waals surface area contributed by atoms with Gasteiger partial charge in [0.2, 0.25) is 5.95 Å². The number of piperazine rings is 1. The first-order valence-corrected chi connectivity index (χ1v) is 9.76. The van der Waals surface area contributed by atoms with Crippen LogP contribution in [0.3, 0.4) is 0 Å². The molecule has 1 aromatic heterocycles. The third kappa shape index (κ3) is 4.76. The monoisotopic (exact) mass is 427 g/mol. The minimum absolute atomic E-state index is 0.177. The zero-order valence-corrected chi connectivity index (χ0v) is 16.5. The van der Waals surface area contributed by atoms with Gasteiger partial charge in [0.15, 0.2) is 0 Å². The van der Waals surface area contributed by atoms with Crippen LogP contribution in [-0.4, -0.2) is 47.0 Å². The molecule has 1 amide bonds. The molecule has 9 heteroatoms. The molecule has 2 aromatic carbocycles. The van der Waals surface area contributed by atoms with Crippen molar-refractivity contribution in [3.63, 3.8) is 0 Å². The zero-order chi connectivity index (χ0) is 21.8. The quantitative estimate of drug-likeness (QED) is 0.676. The van der Waals surface area contributed by atoms with Gasteiger partial charge in [-0.15, -0.1) is 0 Å². The Balaban J connectivity index is 1.48. The molecule has 3 aromatic rings. The maximum absolute atomic E-state index is 13.1. The molecule has 4 rings (SSSR count). The molecule has 160 valence electrons. The van der Waals surface area contributed by atoms with Crippen molar-refractivity contribution in [2.24, 2.45) is 0 Å². The van der Waals surface area contributed by atoms with E-state index in [-0.39, 0.29) is 11.6 Å². The number of hydrogen-bond donors (Lipinski definition) is 1. The number of carbonyl (C=O) groups is 1. The molecule has 6 nitrogen and oxygen atoms in total. The van der Waals surface area contributed by atoms with Gasteiger partial charge in [0.25, 0.3) is 5.91 Å². The van der Waals surface area contributed by atoms with Crippen LogP contribution in [0.2, 0.25) is 0 Å². The molecule has 1 N–H and O–H groups in total. The highest BCUT2D eigenvalue weighted by Gasteiger charge is 2.30. The average molecular weight is 427 g/mol. The number of halogens is 3. The molecular formula is C22H20F3N5O. The van der Waals surface area contributed by atoms with Gasteiger partial charge in [0.1, 0.15) is 0 Å². The number of hydrogen-bond acceptors (Lipinski definition) is 5. The highest BCUT2D eigenvalue weighted by atomic mass is 19.4. The van der Waals surface area contributed by atoms with Crippen molar-refractivity contribution in [2.75, 3.05) is 36.4 Å². The van der Waals surface area contributed by atoms with Crippen LogP contribution in [0.4, 0.5) is 30.5 Å². The minimum Gasteiger partial charge on any atom is -0.355 e. The van der Waals surface area contributed by atoms with Crippen molar-refractivity contribution in [1.82, 2.24) is 14.9 Å². The smallest absolute Gasteiger partial charge is 0.355 e. The molecule has 2 heterocycles. The number of carbonyl (C=O) groups excluding carboxylic acids is 1. The zero-order valence-electron chi connectivity index (χ0n) is 16.5. The molecule has 1 aliphatic rings. The standard InChI is InChI=1S/C22H20F3N5O/c23-22(24,25)16-5-3-6-17(15-16)28-19-8-2-1-7-18(19)20(31)29-11-13-30(14-12-29)21-26-9-4-10-27-21/h1-10,15,28H,11-14H2. The van der Waals surface area contributed by atoms with Crippen LogP contribution in [0.1, 0.15) is 15.9 Å². The molecule has 0 spiro atoms. The Morgan fingerprint density at radius 3 is 2.32 bits per heavy atom. The molecule has 0 bridgehead atoms. The summed E-state index contributed by atoms with van der Waals surface area (Å²) in [4.78, 5) is 25.3. The van der Waals surface area contributed by atoms with E-state index in [4.69, 9.17) is 0 Å². The average Bonchev–Trinajstić information content (AvgIpc) is 2.79. The van der Waals surface area contributed by atoms with E-state index >= 15 is 0 Å². The molecule has 0 saturated carbocycles. The van der Waals surface area contributed by atoms with E-state index in [1.165, 1.54) is 12.1 Å². The largest absolute Gasteiger partial charge is 0.416 e. The van der Waals surface area contributed by atoms with Crippen LogP contribution in [-0.2, 0) is 6.18 Å². The van der Waals surface area contributed by atoms with Crippen molar-refractivity contribution in [3.8, 4) is 0 Å². The maximum Gasteiger partial charge on any atom is 0.416 e. The Hall–Kier alpha value is -3.62. The van der Waals surface area contributed by atoms with Crippen molar-refractivity contribution in [1.29, 1.82) is 0 Å². The van der Waals surface area contributed by atoms with Gasteiger partial charge in [-0.1, -0.05) is 18.2 Å². The molecule has 31 heavy (non-hydrogen) atoms. The van der Waals surface area contributed by atoms with Gasteiger partial charge < -0.3 is 15.1 Å². The Labute approximate surface area is 177 Å². The second-order valence-electron chi connectivity index (χ2n) is 7.08. The number of anilines is 3. The van der Waals surface area contributed by atoms with Gasteiger partial charge in [0, 0.05) is 44.3 Å². The number of nitrogens with one attached hydrogen (secondary N) is 1. The summed E-state index contributed by atoms with van der Waals surface area (Å²) in [6.07, 6.45) is -1.08. The van der Waals surface area contributed by atoms with Crippen LogP contribution in [0, 0.1) is 0 Å². The summed E-state index contributed by atoms with van der Waals surface area (Å²) in [6.45, 7) is 2.18. The molecule has 1 saturated heterocycles. The van der Waals surface area contributed by atoms with Crippen molar-refractivity contribution < 1.29 is 18.0 Å². The lowest BCUT2D eigenvalue weighted by Crippen LogP contribution is -2.49. The van der Waals surface area contributed by atoms with Crippen LogP contribution >= 0.6 is 0 Å². The number of para-hydroxylation sites is 1. The Morgan fingerprint density at radius 1 is 0.903 bits per heavy atom. The summed E-state index contributed by atoms with van der Waals surface area (Å²) >= 11 is 0. The fourth-order valence-corrected chi connectivity index (χ4v) is 3.44. The van der Waals surface area contributed by atoms with Crippen molar-refractivity contribution in [3.05, 3.63) is 78.1 Å². The maximum atomic E-state index is 13.1. The van der Waals surface area contributed by atoms with Crippen LogP contribution in [0.5, 0.6) is 0 Å². The number of nitrogens with zero attached hydrogens (tertiary/aromatic N) is 4. The molecule has 1 aliphatic heterocycles. The Bertz CT molecular complexity index is 1050. The molecule has 0 atom stereocenters. The van der Waals surface area contributed by atoms with Crippen LogP contribution in [0.15, 0.2) is 67.0 Å². The van der Waals surface area contributed by atoms with Crippen molar-refractivity contribution >= 4 is 23.2 Å². The van der Waals surface area contributed by atoms with Crippen LogP contribution in [0.25, 0.3) is 0 Å². The SMILES string of the molecule is O=C(c1ccccc1Nc1cccc(C(F)(F)F)c1)N1CCN(c2ncccn2)CC1. The summed E-state index contributed by atoms with van der Waals surface area (Å²) in [5.41, 5.74) is 0.381. The lowest BCUT2D eigenvalue weighted by atomic mass is 10.1. The van der Waals surface area contributed by atoms with E-state index in [0.29, 0.717) is 43.4 Å². The minimum atomic E-state index is -4.44. The summed E-state index contributed by atoms with van der Waals surface area (Å²) in [5, 5.41) is 2.96. The predicted molar refractivity (Wildman–Crippen MR) is 111 cm³/mol. The second kappa shape index (κ2) is 8.63. The summed E-state index contributed by atoms with van der Waals surface area (Å²) < 4.78 is 39.0. The van der Waals surface area contributed by atoms with Gasteiger partial charge >= 0.3 is 6.18 Å². The van der Waals surface area contributed by atoms with E-state index in [1.807, 2.05) is 4.90 Å². The van der Waals surface area contributed by atoms with E-state index in [9.17, 15) is 18.0 Å². The molecule has 0 unspecified atom stereocenters. The van der Waals surface area contributed by atoms with Crippen LogP contribution < -0.4 is 10.2 Å². The van der Waals surface area contributed by atoms with Gasteiger partial charge in [0.05, 0.1) is 16.8 Å². The van der Waals surface area contributed by atoms with Gasteiger partial charge in [-0.3, -0.25) is 4.79 Å². The highest BCUT2D eigenvalue weighted by molar-refractivity contribution is 6.00. The van der Waals surface area contributed by atoms with Gasteiger partial charge in [-0.25, -0.2) is 9.97 Å². The lowest BCUT2D eigenvalue weighted by molar-refractivity contribution is -0.137. The van der Waals surface area contributed by atoms with Gasteiger partial charge in [-0.2, -0.15) is 13.2 Å². The Morgan fingerprint density at radius 2 is 1.61 bits per heavy atom. The van der Waals surface area contributed by atoms with E-state index < -0.39 is 11.7 Å². The molecule has 0 aliphatic carbocycles. The normalized spacial score (nSPS) is 14.4. The summed E-state index contributed by atoms with van der Waals surface area (Å²) in [5.74, 6) is 0.449. The molecule has 1 fully saturated rings. The van der Waals surface area contributed by atoms with Gasteiger partial charge in [-0.05, 0) is 36.4 Å². The second-order valence-corrected chi connectivity index (χ2v) is 7.08. The third-order valence-corrected chi connectivity index (χ3v) is 5.03. The first-order valence-electron chi connectivity index (χ1n) is 9.76. The Kier molecular flexibility index (Phi) is 5.75. The fraction of sp³-hybridized carbons (Fsp3) is 0.227. The number of amides is 1. The number of benzene rings is 2. The number of alkyl halides is 3.